The topological polar surface area (TPSA) is 91.0 Å². The molecular weight excluding hydrogens is 385 g/mol. The highest BCUT2D eigenvalue weighted by Gasteiger charge is 2.29. The van der Waals surface area contributed by atoms with Crippen LogP contribution in [0.5, 0.6) is 0 Å². The van der Waals surface area contributed by atoms with E-state index < -0.39 is 0 Å². The van der Waals surface area contributed by atoms with E-state index in [0.29, 0.717) is 31.0 Å². The molecule has 0 bridgehead atoms. The number of carbonyl (C=O) groups is 2. The molecule has 2 amide bonds. The summed E-state index contributed by atoms with van der Waals surface area (Å²) in [5.74, 6) is -0.846. The first-order valence-electron chi connectivity index (χ1n) is 9.87. The van der Waals surface area contributed by atoms with Crippen molar-refractivity contribution < 1.29 is 14.0 Å². The van der Waals surface area contributed by atoms with Crippen molar-refractivity contribution in [1.82, 2.24) is 25.4 Å². The van der Waals surface area contributed by atoms with Crippen LogP contribution in [0.4, 0.5) is 4.39 Å². The molecule has 4 rings (SSSR count). The summed E-state index contributed by atoms with van der Waals surface area (Å²) in [6.45, 7) is 1.29. The van der Waals surface area contributed by atoms with E-state index in [2.05, 4.69) is 20.5 Å². The number of piperidine rings is 1. The van der Waals surface area contributed by atoms with Crippen LogP contribution in [0, 0.1) is 11.7 Å². The number of amides is 2. The van der Waals surface area contributed by atoms with Gasteiger partial charge in [0.25, 0.3) is 5.91 Å². The van der Waals surface area contributed by atoms with Gasteiger partial charge in [-0.2, -0.15) is 5.10 Å². The van der Waals surface area contributed by atoms with E-state index in [0.717, 1.165) is 24.0 Å². The maximum absolute atomic E-state index is 13.0. The molecule has 0 unspecified atom stereocenters. The van der Waals surface area contributed by atoms with Gasteiger partial charge in [-0.05, 0) is 48.7 Å². The fraction of sp³-hybridized carbons (Fsp3) is 0.273. The number of rotatable bonds is 5. The lowest BCUT2D eigenvalue weighted by molar-refractivity contribution is -0.126. The number of likely N-dealkylation sites (tertiary alicyclic amines) is 1. The van der Waals surface area contributed by atoms with Crippen LogP contribution in [-0.2, 0) is 11.3 Å². The number of carbonyl (C=O) groups excluding carboxylic acids is 2. The predicted molar refractivity (Wildman–Crippen MR) is 109 cm³/mol. The number of aromatic nitrogens is 3. The molecule has 30 heavy (non-hydrogen) atoms. The number of halogens is 1. The normalized spacial score (nSPS) is 16.3. The summed E-state index contributed by atoms with van der Waals surface area (Å²) in [6.07, 6.45) is 4.83. The van der Waals surface area contributed by atoms with E-state index in [-0.39, 0.29) is 23.5 Å². The molecule has 1 atom stereocenters. The summed E-state index contributed by atoms with van der Waals surface area (Å²) in [5.41, 5.74) is 2.77. The lowest BCUT2D eigenvalue weighted by Crippen LogP contribution is -2.45. The molecule has 0 aliphatic carbocycles. The molecule has 1 aromatic carbocycles. The molecule has 0 saturated carbocycles. The summed E-state index contributed by atoms with van der Waals surface area (Å²) < 4.78 is 13.0. The molecule has 1 saturated heterocycles. The lowest BCUT2D eigenvalue weighted by atomic mass is 9.96. The van der Waals surface area contributed by atoms with Crippen molar-refractivity contribution >= 4 is 11.8 Å². The number of hydrogen-bond donors (Lipinski definition) is 2. The fourth-order valence-electron chi connectivity index (χ4n) is 3.58. The van der Waals surface area contributed by atoms with E-state index in [4.69, 9.17) is 0 Å². The van der Waals surface area contributed by atoms with Crippen LogP contribution >= 0.6 is 0 Å². The van der Waals surface area contributed by atoms with Crippen molar-refractivity contribution in [2.45, 2.75) is 19.4 Å². The van der Waals surface area contributed by atoms with Gasteiger partial charge in [-0.1, -0.05) is 12.1 Å². The van der Waals surface area contributed by atoms with Crippen LogP contribution < -0.4 is 5.32 Å². The van der Waals surface area contributed by atoms with E-state index in [9.17, 15) is 14.0 Å². The molecule has 3 aromatic rings. The minimum atomic E-state index is -0.308. The molecular formula is C22H22FN5O2. The zero-order valence-electron chi connectivity index (χ0n) is 16.3. The zero-order chi connectivity index (χ0) is 20.9. The van der Waals surface area contributed by atoms with Gasteiger partial charge in [-0.25, -0.2) is 4.39 Å². The lowest BCUT2D eigenvalue weighted by Gasteiger charge is -2.31. The highest BCUT2D eigenvalue weighted by molar-refractivity contribution is 5.94. The summed E-state index contributed by atoms with van der Waals surface area (Å²) in [4.78, 5) is 31.2. The second-order valence-electron chi connectivity index (χ2n) is 7.34. The quantitative estimate of drug-likeness (QED) is 0.680. The van der Waals surface area contributed by atoms with Gasteiger partial charge in [0.15, 0.2) is 0 Å². The fourth-order valence-corrected chi connectivity index (χ4v) is 3.58. The summed E-state index contributed by atoms with van der Waals surface area (Å²) >= 11 is 0. The Morgan fingerprint density at radius 2 is 1.93 bits per heavy atom. The number of nitrogens with zero attached hydrogens (tertiary/aromatic N) is 3. The summed E-state index contributed by atoms with van der Waals surface area (Å²) in [5, 5.41) is 9.91. The van der Waals surface area contributed by atoms with E-state index in [1.807, 2.05) is 12.1 Å². The minimum Gasteiger partial charge on any atom is -0.352 e. The Morgan fingerprint density at radius 3 is 2.70 bits per heavy atom. The molecule has 2 aromatic heterocycles. The average molecular weight is 407 g/mol. The largest absolute Gasteiger partial charge is 0.352 e. The Bertz CT molecular complexity index is 1020. The first-order valence-corrected chi connectivity index (χ1v) is 9.87. The predicted octanol–water partition coefficient (Wildman–Crippen LogP) is 2.78. The average Bonchev–Trinajstić information content (AvgIpc) is 3.29. The first-order chi connectivity index (χ1) is 14.6. The Labute approximate surface area is 173 Å². The third kappa shape index (κ3) is 4.53. The van der Waals surface area contributed by atoms with Gasteiger partial charge in [-0.15, -0.1) is 0 Å². The molecule has 2 N–H and O–H groups in total. The Balaban J connectivity index is 1.36. The van der Waals surface area contributed by atoms with Crippen LogP contribution in [0.3, 0.4) is 0 Å². The molecule has 3 heterocycles. The second-order valence-corrected chi connectivity index (χ2v) is 7.34. The Morgan fingerprint density at radius 1 is 1.17 bits per heavy atom. The number of aromatic amines is 1. The zero-order valence-corrected chi connectivity index (χ0v) is 16.3. The number of nitrogens with one attached hydrogen (secondary N) is 2. The van der Waals surface area contributed by atoms with Crippen LogP contribution in [-0.4, -0.2) is 45.0 Å². The molecule has 0 radical (unpaired) electrons. The third-order valence-electron chi connectivity index (χ3n) is 5.24. The molecule has 154 valence electrons. The monoisotopic (exact) mass is 407 g/mol. The SMILES string of the molecule is O=C(NCc1ccc(F)cc1)[C@H]1CCCN(C(=O)c2cc(-c3ccncc3)n[nH]2)C1. The van der Waals surface area contributed by atoms with E-state index in [1.54, 1.807) is 35.5 Å². The van der Waals surface area contributed by atoms with E-state index in [1.165, 1.54) is 12.1 Å². The van der Waals surface area contributed by atoms with E-state index >= 15 is 0 Å². The van der Waals surface area contributed by atoms with Crippen LogP contribution in [0.2, 0.25) is 0 Å². The highest BCUT2D eigenvalue weighted by atomic mass is 19.1. The van der Waals surface area contributed by atoms with Crippen molar-refractivity contribution in [3.8, 4) is 11.3 Å². The minimum absolute atomic E-state index is 0.0982. The number of benzene rings is 1. The van der Waals surface area contributed by atoms with Crippen LogP contribution in [0.15, 0.2) is 54.9 Å². The maximum atomic E-state index is 13.0. The molecule has 1 aliphatic rings. The first kappa shape index (κ1) is 19.8. The van der Waals surface area contributed by atoms with Gasteiger partial charge in [0.2, 0.25) is 5.91 Å². The van der Waals surface area contributed by atoms with Crippen molar-refractivity contribution in [2.75, 3.05) is 13.1 Å². The third-order valence-corrected chi connectivity index (χ3v) is 5.24. The van der Waals surface area contributed by atoms with Gasteiger partial charge < -0.3 is 10.2 Å². The second kappa shape index (κ2) is 8.86. The van der Waals surface area contributed by atoms with Gasteiger partial charge in [-0.3, -0.25) is 19.7 Å². The Hall–Kier alpha value is -3.55. The molecule has 8 heteroatoms. The standard InChI is InChI=1S/C22H22FN5O2/c23-18-5-3-15(4-6-18)13-25-21(29)17-2-1-11-28(14-17)22(30)20-12-19(26-27-20)16-7-9-24-10-8-16/h3-10,12,17H,1-2,11,13-14H2,(H,25,29)(H,26,27)/t17-/m0/s1. The van der Waals surface area contributed by atoms with Crippen LogP contribution in [0.25, 0.3) is 11.3 Å². The number of H-pyrrole nitrogens is 1. The van der Waals surface area contributed by atoms with Crippen molar-refractivity contribution in [3.05, 3.63) is 71.9 Å². The molecule has 0 spiro atoms. The Kier molecular flexibility index (Phi) is 5.83. The summed E-state index contributed by atoms with van der Waals surface area (Å²) in [7, 11) is 0. The number of hydrogen-bond acceptors (Lipinski definition) is 4. The van der Waals surface area contributed by atoms with Crippen molar-refractivity contribution in [3.63, 3.8) is 0 Å². The maximum Gasteiger partial charge on any atom is 0.271 e. The number of pyridine rings is 1. The van der Waals surface area contributed by atoms with Gasteiger partial charge >= 0.3 is 0 Å². The van der Waals surface area contributed by atoms with Crippen molar-refractivity contribution in [2.24, 2.45) is 5.92 Å². The molecule has 7 nitrogen and oxygen atoms in total. The smallest absolute Gasteiger partial charge is 0.271 e. The van der Waals surface area contributed by atoms with Gasteiger partial charge in [0.05, 0.1) is 11.6 Å². The molecule has 1 fully saturated rings. The van der Waals surface area contributed by atoms with Gasteiger partial charge in [0, 0.05) is 37.6 Å². The summed E-state index contributed by atoms with van der Waals surface area (Å²) in [6, 6.07) is 11.4. The highest BCUT2D eigenvalue weighted by Crippen LogP contribution is 2.21. The molecule has 1 aliphatic heterocycles. The van der Waals surface area contributed by atoms with Crippen molar-refractivity contribution in [1.29, 1.82) is 0 Å². The van der Waals surface area contributed by atoms with Crippen LogP contribution in [0.1, 0.15) is 28.9 Å². The van der Waals surface area contributed by atoms with Gasteiger partial charge in [0.1, 0.15) is 11.5 Å².